The largest absolute Gasteiger partial charge is 0.480 e. The third kappa shape index (κ3) is 2.54. The molecule has 0 spiro atoms. The van der Waals surface area contributed by atoms with Crippen LogP contribution in [0, 0.1) is 5.82 Å². The summed E-state index contributed by atoms with van der Waals surface area (Å²) in [6.07, 6.45) is 4.76. The average Bonchev–Trinajstić information content (AvgIpc) is 2.82. The van der Waals surface area contributed by atoms with Crippen LogP contribution in [-0.4, -0.2) is 26.7 Å². The summed E-state index contributed by atoms with van der Waals surface area (Å²) in [5.74, 6) is -1.54. The first-order valence-corrected chi connectivity index (χ1v) is 5.33. The smallest absolute Gasteiger partial charge is 0.320 e. The molecule has 0 radical (unpaired) electrons. The zero-order valence-corrected chi connectivity index (χ0v) is 9.45. The number of carboxylic acid groups (broad SMARTS) is 1. The van der Waals surface area contributed by atoms with Gasteiger partial charge in [0.1, 0.15) is 11.9 Å². The molecule has 0 aliphatic rings. The van der Waals surface area contributed by atoms with Crippen molar-refractivity contribution in [3.8, 4) is 5.69 Å². The molecule has 1 heterocycles. The molecule has 0 aliphatic heterocycles. The molecule has 1 aromatic carbocycles. The molecule has 1 unspecified atom stereocenters. The van der Waals surface area contributed by atoms with Crippen molar-refractivity contribution in [2.24, 2.45) is 5.73 Å². The molecule has 0 saturated carbocycles. The first-order valence-electron chi connectivity index (χ1n) is 5.33. The molecule has 3 N–H and O–H groups in total. The lowest BCUT2D eigenvalue weighted by atomic mass is 10.1. The van der Waals surface area contributed by atoms with E-state index in [0.29, 0.717) is 11.3 Å². The van der Waals surface area contributed by atoms with E-state index in [-0.39, 0.29) is 6.42 Å². The van der Waals surface area contributed by atoms with Gasteiger partial charge in [0.25, 0.3) is 0 Å². The number of benzene rings is 1. The molecular formula is C12H12FN3O2. The number of nitrogens with two attached hydrogens (primary N) is 1. The molecule has 5 nitrogen and oxygen atoms in total. The Morgan fingerprint density at radius 3 is 2.89 bits per heavy atom. The van der Waals surface area contributed by atoms with Crippen LogP contribution < -0.4 is 5.73 Å². The zero-order chi connectivity index (χ0) is 13.1. The van der Waals surface area contributed by atoms with Crippen molar-refractivity contribution in [2.75, 3.05) is 0 Å². The highest BCUT2D eigenvalue weighted by Gasteiger charge is 2.13. The highest BCUT2D eigenvalue weighted by atomic mass is 19.1. The molecule has 1 aromatic heterocycles. The Morgan fingerprint density at radius 2 is 2.33 bits per heavy atom. The van der Waals surface area contributed by atoms with Crippen molar-refractivity contribution in [3.63, 3.8) is 0 Å². The minimum Gasteiger partial charge on any atom is -0.480 e. The second-order valence-corrected chi connectivity index (χ2v) is 3.90. The van der Waals surface area contributed by atoms with Gasteiger partial charge >= 0.3 is 5.97 Å². The zero-order valence-electron chi connectivity index (χ0n) is 9.45. The summed E-state index contributed by atoms with van der Waals surface area (Å²) in [5, 5.41) is 8.69. The molecule has 1 atom stereocenters. The van der Waals surface area contributed by atoms with Crippen LogP contribution in [0.3, 0.4) is 0 Å². The summed E-state index contributed by atoms with van der Waals surface area (Å²) in [6, 6.07) is 3.49. The fourth-order valence-electron chi connectivity index (χ4n) is 1.63. The molecule has 0 fully saturated rings. The summed E-state index contributed by atoms with van der Waals surface area (Å²) < 4.78 is 15.4. The Labute approximate surface area is 103 Å². The minimum absolute atomic E-state index is 0.0937. The van der Waals surface area contributed by atoms with Gasteiger partial charge in [0, 0.05) is 12.4 Å². The van der Waals surface area contributed by atoms with E-state index in [2.05, 4.69) is 4.98 Å². The molecule has 0 saturated heterocycles. The van der Waals surface area contributed by atoms with Crippen molar-refractivity contribution in [2.45, 2.75) is 12.5 Å². The second kappa shape index (κ2) is 4.97. The van der Waals surface area contributed by atoms with Gasteiger partial charge in [-0.15, -0.1) is 0 Å². The number of carboxylic acids is 1. The lowest BCUT2D eigenvalue weighted by Gasteiger charge is -2.09. The van der Waals surface area contributed by atoms with Gasteiger partial charge in [-0.3, -0.25) is 4.79 Å². The molecule has 0 bridgehead atoms. The maximum Gasteiger partial charge on any atom is 0.320 e. The number of hydrogen-bond donors (Lipinski definition) is 2. The van der Waals surface area contributed by atoms with Gasteiger partial charge in [-0.2, -0.15) is 0 Å². The second-order valence-electron chi connectivity index (χ2n) is 3.90. The van der Waals surface area contributed by atoms with Gasteiger partial charge in [-0.1, -0.05) is 6.07 Å². The maximum atomic E-state index is 13.8. The lowest BCUT2D eigenvalue weighted by molar-refractivity contribution is -0.138. The fourth-order valence-corrected chi connectivity index (χ4v) is 1.63. The predicted octanol–water partition coefficient (Wildman–Crippen LogP) is 0.966. The molecular weight excluding hydrogens is 237 g/mol. The normalized spacial score (nSPS) is 12.3. The first kappa shape index (κ1) is 12.3. The number of carbonyl (C=O) groups is 1. The van der Waals surface area contributed by atoms with E-state index in [1.165, 1.54) is 17.0 Å². The van der Waals surface area contributed by atoms with Crippen LogP contribution in [0.4, 0.5) is 4.39 Å². The fraction of sp³-hybridized carbons (Fsp3) is 0.167. The van der Waals surface area contributed by atoms with E-state index in [1.807, 2.05) is 0 Å². The van der Waals surface area contributed by atoms with E-state index in [0.717, 1.165) is 0 Å². The van der Waals surface area contributed by atoms with Gasteiger partial charge in [0.05, 0.1) is 12.0 Å². The summed E-state index contributed by atoms with van der Waals surface area (Å²) in [7, 11) is 0. The Balaban J connectivity index is 2.23. The number of aromatic nitrogens is 2. The molecule has 2 rings (SSSR count). The Bertz CT molecular complexity index is 554. The van der Waals surface area contributed by atoms with E-state index in [1.54, 1.807) is 24.5 Å². The molecule has 0 aliphatic carbocycles. The number of rotatable bonds is 4. The van der Waals surface area contributed by atoms with Gasteiger partial charge in [-0.05, 0) is 24.1 Å². The third-order valence-corrected chi connectivity index (χ3v) is 2.57. The molecule has 2 aromatic rings. The highest BCUT2D eigenvalue weighted by Crippen LogP contribution is 2.15. The van der Waals surface area contributed by atoms with Crippen molar-refractivity contribution in [1.29, 1.82) is 0 Å². The average molecular weight is 249 g/mol. The number of hydrogen-bond acceptors (Lipinski definition) is 3. The van der Waals surface area contributed by atoms with Gasteiger partial charge < -0.3 is 15.4 Å². The monoisotopic (exact) mass is 249 g/mol. The summed E-state index contributed by atoms with van der Waals surface area (Å²) >= 11 is 0. The van der Waals surface area contributed by atoms with Crippen molar-refractivity contribution in [3.05, 3.63) is 48.3 Å². The van der Waals surface area contributed by atoms with E-state index in [9.17, 15) is 9.18 Å². The summed E-state index contributed by atoms with van der Waals surface area (Å²) in [5.41, 5.74) is 6.30. The highest BCUT2D eigenvalue weighted by molar-refractivity contribution is 5.73. The van der Waals surface area contributed by atoms with Crippen molar-refractivity contribution in [1.82, 2.24) is 9.55 Å². The van der Waals surface area contributed by atoms with Gasteiger partial charge in [0.15, 0.2) is 0 Å². The van der Waals surface area contributed by atoms with Crippen LogP contribution in [0.5, 0.6) is 0 Å². The van der Waals surface area contributed by atoms with Crippen LogP contribution in [-0.2, 0) is 11.2 Å². The standard InChI is InChI=1S/C12H12FN3O2/c13-9-5-8(6-10(14)12(17)18)1-2-11(9)16-4-3-15-7-16/h1-5,7,10H,6,14H2,(H,17,18). The quantitative estimate of drug-likeness (QED) is 0.845. The lowest BCUT2D eigenvalue weighted by Crippen LogP contribution is -2.32. The molecule has 0 amide bonds. The van der Waals surface area contributed by atoms with E-state index < -0.39 is 17.8 Å². The Morgan fingerprint density at radius 1 is 1.56 bits per heavy atom. The van der Waals surface area contributed by atoms with Crippen LogP contribution >= 0.6 is 0 Å². The van der Waals surface area contributed by atoms with Gasteiger partial charge in [-0.25, -0.2) is 9.37 Å². The Hall–Kier alpha value is -2.21. The van der Waals surface area contributed by atoms with Gasteiger partial charge in [0.2, 0.25) is 0 Å². The van der Waals surface area contributed by atoms with Crippen LogP contribution in [0.1, 0.15) is 5.56 Å². The minimum atomic E-state index is -1.10. The molecule has 18 heavy (non-hydrogen) atoms. The summed E-state index contributed by atoms with van der Waals surface area (Å²) in [4.78, 5) is 14.4. The van der Waals surface area contributed by atoms with Crippen LogP contribution in [0.25, 0.3) is 5.69 Å². The molecule has 94 valence electrons. The Kier molecular flexibility index (Phi) is 3.38. The number of imidazole rings is 1. The van der Waals surface area contributed by atoms with Crippen LogP contribution in [0.2, 0.25) is 0 Å². The maximum absolute atomic E-state index is 13.8. The SMILES string of the molecule is NC(Cc1ccc(-n2ccnc2)c(F)c1)C(=O)O. The van der Waals surface area contributed by atoms with E-state index in [4.69, 9.17) is 10.8 Å². The van der Waals surface area contributed by atoms with E-state index >= 15 is 0 Å². The predicted molar refractivity (Wildman–Crippen MR) is 62.8 cm³/mol. The summed E-state index contributed by atoms with van der Waals surface area (Å²) in [6.45, 7) is 0. The third-order valence-electron chi connectivity index (χ3n) is 2.57. The van der Waals surface area contributed by atoms with Crippen LogP contribution in [0.15, 0.2) is 36.9 Å². The number of halogens is 1. The first-order chi connectivity index (χ1) is 8.58. The topological polar surface area (TPSA) is 81.1 Å². The number of nitrogens with zero attached hydrogens (tertiary/aromatic N) is 2. The molecule has 6 heteroatoms. The number of aliphatic carboxylic acids is 1. The van der Waals surface area contributed by atoms with Crippen molar-refractivity contribution < 1.29 is 14.3 Å². The van der Waals surface area contributed by atoms with Crippen molar-refractivity contribution >= 4 is 5.97 Å².